The monoisotopic (exact) mass is 385 g/mol. The summed E-state index contributed by atoms with van der Waals surface area (Å²) in [6, 6.07) is 6.01. The van der Waals surface area contributed by atoms with Crippen molar-refractivity contribution in [2.75, 3.05) is 45.3 Å². The summed E-state index contributed by atoms with van der Waals surface area (Å²) in [6.45, 7) is 8.15. The number of likely N-dealkylation sites (N-methyl/N-ethyl adjacent to an activating group) is 1. The van der Waals surface area contributed by atoms with Gasteiger partial charge in [0.1, 0.15) is 0 Å². The Kier molecular flexibility index (Phi) is 6.80. The molecule has 2 aromatic rings. The number of rotatable bonds is 7. The third-order valence-corrected chi connectivity index (χ3v) is 5.44. The van der Waals surface area contributed by atoms with Crippen molar-refractivity contribution in [2.45, 2.75) is 39.3 Å². The van der Waals surface area contributed by atoms with E-state index in [4.69, 9.17) is 4.74 Å². The number of pyridine rings is 1. The van der Waals surface area contributed by atoms with Crippen LogP contribution in [0.25, 0.3) is 0 Å². The van der Waals surface area contributed by atoms with E-state index in [9.17, 15) is 4.79 Å². The number of hydrogen-bond donors (Lipinski definition) is 0. The summed E-state index contributed by atoms with van der Waals surface area (Å²) < 4.78 is 6.76. The number of ether oxygens (including phenoxy) is 1. The SMILES string of the molecule is COCCN(C)c1cnn(C2CCCN(Cc3ccc(C)nc3C)C2)c(=O)c1. The van der Waals surface area contributed by atoms with Crippen LogP contribution in [0.3, 0.4) is 0 Å². The van der Waals surface area contributed by atoms with Crippen LogP contribution >= 0.6 is 0 Å². The first-order chi connectivity index (χ1) is 13.5. The van der Waals surface area contributed by atoms with Crippen LogP contribution in [0, 0.1) is 13.8 Å². The normalized spacial score (nSPS) is 17.6. The van der Waals surface area contributed by atoms with Gasteiger partial charge in [0.2, 0.25) is 0 Å². The molecule has 28 heavy (non-hydrogen) atoms. The van der Waals surface area contributed by atoms with E-state index < -0.39 is 0 Å². The van der Waals surface area contributed by atoms with Gasteiger partial charge in [-0.05, 0) is 44.9 Å². The number of anilines is 1. The first kappa shape index (κ1) is 20.5. The molecule has 3 rings (SSSR count). The smallest absolute Gasteiger partial charge is 0.269 e. The highest BCUT2D eigenvalue weighted by atomic mass is 16.5. The molecule has 0 bridgehead atoms. The average molecular weight is 386 g/mol. The van der Waals surface area contributed by atoms with E-state index >= 15 is 0 Å². The van der Waals surface area contributed by atoms with E-state index in [0.717, 1.165) is 56.1 Å². The first-order valence-corrected chi connectivity index (χ1v) is 9.92. The van der Waals surface area contributed by atoms with E-state index in [2.05, 4.69) is 34.0 Å². The van der Waals surface area contributed by atoms with E-state index in [-0.39, 0.29) is 11.6 Å². The minimum absolute atomic E-state index is 0.0400. The maximum atomic E-state index is 12.7. The molecule has 1 atom stereocenters. The summed E-state index contributed by atoms with van der Waals surface area (Å²) in [5.41, 5.74) is 4.17. The minimum Gasteiger partial charge on any atom is -0.383 e. The van der Waals surface area contributed by atoms with Gasteiger partial charge in [-0.25, -0.2) is 4.68 Å². The predicted molar refractivity (Wildman–Crippen MR) is 111 cm³/mol. The maximum absolute atomic E-state index is 12.7. The van der Waals surface area contributed by atoms with Crippen LogP contribution in [-0.4, -0.2) is 60.1 Å². The highest BCUT2D eigenvalue weighted by Crippen LogP contribution is 2.22. The Morgan fingerprint density at radius 2 is 2.14 bits per heavy atom. The number of nitrogens with zero attached hydrogens (tertiary/aromatic N) is 5. The molecule has 3 heterocycles. The lowest BCUT2D eigenvalue weighted by Crippen LogP contribution is -2.40. The number of hydrogen-bond acceptors (Lipinski definition) is 6. The fourth-order valence-electron chi connectivity index (χ4n) is 3.75. The molecule has 1 aliphatic rings. The lowest BCUT2D eigenvalue weighted by atomic mass is 10.0. The topological polar surface area (TPSA) is 63.5 Å². The van der Waals surface area contributed by atoms with Crippen LogP contribution in [0.1, 0.15) is 35.8 Å². The van der Waals surface area contributed by atoms with Crippen molar-refractivity contribution in [1.29, 1.82) is 0 Å². The predicted octanol–water partition coefficient (Wildman–Crippen LogP) is 2.17. The second-order valence-electron chi connectivity index (χ2n) is 7.64. The number of aromatic nitrogens is 3. The van der Waals surface area contributed by atoms with Crippen LogP contribution < -0.4 is 10.5 Å². The number of piperidine rings is 1. The van der Waals surface area contributed by atoms with Crippen LogP contribution in [0.4, 0.5) is 5.69 Å². The fraction of sp³-hybridized carbons (Fsp3) is 0.571. The summed E-state index contributed by atoms with van der Waals surface area (Å²) in [5.74, 6) is 0. The molecular formula is C21H31N5O2. The molecule has 1 aliphatic heterocycles. The Hall–Kier alpha value is -2.25. The molecule has 0 aromatic carbocycles. The van der Waals surface area contributed by atoms with Crippen molar-refractivity contribution in [1.82, 2.24) is 19.7 Å². The van der Waals surface area contributed by atoms with Crippen molar-refractivity contribution in [2.24, 2.45) is 0 Å². The molecule has 2 aromatic heterocycles. The zero-order chi connectivity index (χ0) is 20.1. The number of likely N-dealkylation sites (tertiary alicyclic amines) is 1. The van der Waals surface area contributed by atoms with Gasteiger partial charge in [-0.2, -0.15) is 5.10 Å². The third kappa shape index (κ3) is 4.97. The summed E-state index contributed by atoms with van der Waals surface area (Å²) in [7, 11) is 3.62. The molecule has 1 fully saturated rings. The largest absolute Gasteiger partial charge is 0.383 e. The van der Waals surface area contributed by atoms with Gasteiger partial charge in [0.15, 0.2) is 0 Å². The summed E-state index contributed by atoms with van der Waals surface area (Å²) in [5, 5.41) is 4.48. The molecule has 7 nitrogen and oxygen atoms in total. The van der Waals surface area contributed by atoms with Gasteiger partial charge < -0.3 is 9.64 Å². The summed E-state index contributed by atoms with van der Waals surface area (Å²) in [4.78, 5) is 21.6. The molecule has 1 unspecified atom stereocenters. The molecule has 0 N–H and O–H groups in total. The molecule has 0 spiro atoms. The minimum atomic E-state index is -0.0400. The zero-order valence-corrected chi connectivity index (χ0v) is 17.4. The number of aryl methyl sites for hydroxylation is 2. The van der Waals surface area contributed by atoms with Crippen LogP contribution in [-0.2, 0) is 11.3 Å². The molecule has 7 heteroatoms. The second-order valence-corrected chi connectivity index (χ2v) is 7.64. The van der Waals surface area contributed by atoms with E-state index in [1.54, 1.807) is 24.1 Å². The standard InChI is InChI=1S/C21H31N5O2/c1-16-7-8-18(17(2)23-16)14-25-9-5-6-19(15-25)26-21(27)12-20(13-22-26)24(3)10-11-28-4/h7-8,12-13,19H,5-6,9-11,14-15H2,1-4H3. The van der Waals surface area contributed by atoms with Crippen molar-refractivity contribution >= 4 is 5.69 Å². The van der Waals surface area contributed by atoms with Crippen LogP contribution in [0.2, 0.25) is 0 Å². The first-order valence-electron chi connectivity index (χ1n) is 9.92. The number of methoxy groups -OCH3 is 1. The van der Waals surface area contributed by atoms with Gasteiger partial charge in [0, 0.05) is 51.2 Å². The van der Waals surface area contributed by atoms with Crippen molar-refractivity contribution in [3.05, 3.63) is 51.7 Å². The third-order valence-electron chi connectivity index (χ3n) is 5.44. The van der Waals surface area contributed by atoms with Gasteiger partial charge in [0.25, 0.3) is 5.56 Å². The lowest BCUT2D eigenvalue weighted by Gasteiger charge is -2.33. The van der Waals surface area contributed by atoms with Gasteiger partial charge in [-0.15, -0.1) is 0 Å². The van der Waals surface area contributed by atoms with Crippen molar-refractivity contribution < 1.29 is 4.74 Å². The molecule has 0 amide bonds. The molecule has 152 valence electrons. The summed E-state index contributed by atoms with van der Waals surface area (Å²) in [6.07, 6.45) is 3.82. The molecule has 0 radical (unpaired) electrons. The van der Waals surface area contributed by atoms with Gasteiger partial charge in [0.05, 0.1) is 24.5 Å². The van der Waals surface area contributed by atoms with Gasteiger partial charge >= 0.3 is 0 Å². The van der Waals surface area contributed by atoms with E-state index in [0.29, 0.717) is 6.61 Å². The highest BCUT2D eigenvalue weighted by molar-refractivity contribution is 5.41. The lowest BCUT2D eigenvalue weighted by molar-refractivity contribution is 0.159. The molecule has 0 saturated carbocycles. The zero-order valence-electron chi connectivity index (χ0n) is 17.4. The molecular weight excluding hydrogens is 354 g/mol. The summed E-state index contributed by atoms with van der Waals surface area (Å²) >= 11 is 0. The average Bonchev–Trinajstić information content (AvgIpc) is 2.68. The Labute approximate surface area is 166 Å². The van der Waals surface area contributed by atoms with Crippen molar-refractivity contribution in [3.8, 4) is 0 Å². The maximum Gasteiger partial charge on any atom is 0.269 e. The van der Waals surface area contributed by atoms with Crippen LogP contribution in [0.5, 0.6) is 0 Å². The highest BCUT2D eigenvalue weighted by Gasteiger charge is 2.23. The van der Waals surface area contributed by atoms with Crippen LogP contribution in [0.15, 0.2) is 29.2 Å². The van der Waals surface area contributed by atoms with Crippen molar-refractivity contribution in [3.63, 3.8) is 0 Å². The molecule has 1 saturated heterocycles. The van der Waals surface area contributed by atoms with Gasteiger partial charge in [-0.3, -0.25) is 14.7 Å². The Morgan fingerprint density at radius 3 is 2.86 bits per heavy atom. The Morgan fingerprint density at radius 1 is 1.32 bits per heavy atom. The quantitative estimate of drug-likeness (QED) is 0.728. The fourth-order valence-corrected chi connectivity index (χ4v) is 3.75. The Bertz CT molecular complexity index is 851. The van der Waals surface area contributed by atoms with Gasteiger partial charge in [-0.1, -0.05) is 6.07 Å². The molecule has 0 aliphatic carbocycles. The second kappa shape index (κ2) is 9.30. The Balaban J connectivity index is 1.69. The van der Waals surface area contributed by atoms with E-state index in [1.807, 2.05) is 18.9 Å². The van der Waals surface area contributed by atoms with E-state index in [1.165, 1.54) is 5.56 Å².